The first kappa shape index (κ1) is 13.0. The quantitative estimate of drug-likeness (QED) is 0.852. The largest absolute Gasteiger partial charge is 0.391 e. The summed E-state index contributed by atoms with van der Waals surface area (Å²) in [6, 6.07) is 9.32. The molecule has 0 fully saturated rings. The summed E-state index contributed by atoms with van der Waals surface area (Å²) < 4.78 is 0. The van der Waals surface area contributed by atoms with Gasteiger partial charge in [-0.15, -0.1) is 0 Å². The predicted molar refractivity (Wildman–Crippen MR) is 65.3 cm³/mol. The van der Waals surface area contributed by atoms with Gasteiger partial charge in [-0.25, -0.2) is 0 Å². The van der Waals surface area contributed by atoms with Crippen molar-refractivity contribution in [2.75, 3.05) is 0 Å². The van der Waals surface area contributed by atoms with Gasteiger partial charge in [-0.05, 0) is 18.1 Å². The number of unbranched alkanes of at least 4 members (excludes halogenated alkanes) is 1. The van der Waals surface area contributed by atoms with Gasteiger partial charge in [0.15, 0.2) is 0 Å². The van der Waals surface area contributed by atoms with Gasteiger partial charge < -0.3 is 5.11 Å². The summed E-state index contributed by atoms with van der Waals surface area (Å²) in [5.74, 6) is -0.528. The Labute approximate surface area is 101 Å². The minimum atomic E-state index is -0.634. The van der Waals surface area contributed by atoms with Crippen molar-refractivity contribution in [3.05, 3.63) is 34.9 Å². The minimum Gasteiger partial charge on any atom is -0.391 e. The Morgan fingerprint density at radius 1 is 1.44 bits per heavy atom. The monoisotopic (exact) mass is 237 g/mol. The molecule has 86 valence electrons. The normalized spacial score (nSPS) is 14.1. The van der Waals surface area contributed by atoms with Crippen molar-refractivity contribution in [3.8, 4) is 6.07 Å². The summed E-state index contributed by atoms with van der Waals surface area (Å²) >= 11 is 6.01. The number of hydrogen-bond donors (Lipinski definition) is 1. The molecule has 0 amide bonds. The Hall–Kier alpha value is -1.04. The topological polar surface area (TPSA) is 44.0 Å². The summed E-state index contributed by atoms with van der Waals surface area (Å²) in [6.45, 7) is 2.06. The van der Waals surface area contributed by atoms with Crippen LogP contribution in [-0.4, -0.2) is 11.2 Å². The number of rotatable bonds is 5. The maximum atomic E-state index is 9.94. The van der Waals surface area contributed by atoms with Gasteiger partial charge in [-0.3, -0.25) is 0 Å². The van der Waals surface area contributed by atoms with Gasteiger partial charge in [0.1, 0.15) is 0 Å². The average Bonchev–Trinajstić information content (AvgIpc) is 2.30. The molecule has 1 rings (SSSR count). The van der Waals surface area contributed by atoms with Crippen LogP contribution in [0.1, 0.15) is 37.7 Å². The van der Waals surface area contributed by atoms with E-state index in [1.165, 1.54) is 0 Å². The minimum absolute atomic E-state index is 0.528. The fraction of sp³-hybridized carbons (Fsp3) is 0.462. The summed E-state index contributed by atoms with van der Waals surface area (Å²) in [4.78, 5) is 0. The van der Waals surface area contributed by atoms with Crippen molar-refractivity contribution >= 4 is 11.6 Å². The number of nitriles is 1. The van der Waals surface area contributed by atoms with Gasteiger partial charge in [0.25, 0.3) is 0 Å². The van der Waals surface area contributed by atoms with E-state index in [9.17, 15) is 5.11 Å². The van der Waals surface area contributed by atoms with Crippen LogP contribution in [0.3, 0.4) is 0 Å². The highest BCUT2D eigenvalue weighted by Gasteiger charge is 2.22. The maximum Gasteiger partial charge on any atom is 0.0986 e. The van der Waals surface area contributed by atoms with Crippen LogP contribution in [0.5, 0.6) is 0 Å². The molecule has 0 bridgehead atoms. The van der Waals surface area contributed by atoms with E-state index in [4.69, 9.17) is 16.9 Å². The zero-order chi connectivity index (χ0) is 12.0. The van der Waals surface area contributed by atoms with Crippen LogP contribution >= 0.6 is 11.6 Å². The maximum absolute atomic E-state index is 9.94. The highest BCUT2D eigenvalue weighted by Crippen LogP contribution is 2.28. The van der Waals surface area contributed by atoms with Crippen LogP contribution in [0.15, 0.2) is 24.3 Å². The Morgan fingerprint density at radius 2 is 2.12 bits per heavy atom. The van der Waals surface area contributed by atoms with Gasteiger partial charge in [-0.2, -0.15) is 5.26 Å². The molecule has 1 aromatic carbocycles. The molecular weight excluding hydrogens is 222 g/mol. The molecule has 2 nitrogen and oxygen atoms in total. The zero-order valence-corrected chi connectivity index (χ0v) is 10.1. The van der Waals surface area contributed by atoms with Gasteiger partial charge in [0, 0.05) is 5.02 Å². The van der Waals surface area contributed by atoms with E-state index in [2.05, 4.69) is 13.0 Å². The summed E-state index contributed by atoms with van der Waals surface area (Å²) in [5, 5.41) is 19.6. The molecule has 0 aromatic heterocycles. The van der Waals surface area contributed by atoms with E-state index < -0.39 is 12.0 Å². The zero-order valence-electron chi connectivity index (χ0n) is 9.36. The first-order chi connectivity index (χ1) is 7.70. The van der Waals surface area contributed by atoms with Crippen molar-refractivity contribution in [2.45, 2.75) is 38.2 Å². The molecule has 0 aliphatic carbocycles. The summed E-state index contributed by atoms with van der Waals surface area (Å²) in [6.07, 6.45) is 1.94. The van der Waals surface area contributed by atoms with E-state index in [1.54, 1.807) is 12.1 Å². The number of nitrogens with zero attached hydrogens (tertiary/aromatic N) is 1. The van der Waals surface area contributed by atoms with E-state index >= 15 is 0 Å². The SMILES string of the molecule is CCCCC(O)C(C#N)c1ccccc1Cl. The number of benzene rings is 1. The molecule has 3 heteroatoms. The second-order valence-electron chi connectivity index (χ2n) is 3.84. The third kappa shape index (κ3) is 3.23. The lowest BCUT2D eigenvalue weighted by molar-refractivity contribution is 0.148. The highest BCUT2D eigenvalue weighted by atomic mass is 35.5. The summed E-state index contributed by atoms with van der Waals surface area (Å²) in [5.41, 5.74) is 0.718. The molecule has 0 aliphatic heterocycles. The Kier molecular flexibility index (Phi) is 5.31. The molecule has 16 heavy (non-hydrogen) atoms. The van der Waals surface area contributed by atoms with E-state index in [1.807, 2.05) is 12.1 Å². The fourth-order valence-corrected chi connectivity index (χ4v) is 1.92. The van der Waals surface area contributed by atoms with Crippen LogP contribution < -0.4 is 0 Å². The van der Waals surface area contributed by atoms with Crippen molar-refractivity contribution < 1.29 is 5.11 Å². The summed E-state index contributed by atoms with van der Waals surface area (Å²) in [7, 11) is 0. The third-order valence-corrected chi connectivity index (χ3v) is 2.96. The molecule has 0 radical (unpaired) electrons. The molecule has 2 unspecified atom stereocenters. The van der Waals surface area contributed by atoms with Crippen LogP contribution in [0, 0.1) is 11.3 Å². The Morgan fingerprint density at radius 3 is 2.69 bits per heavy atom. The molecule has 1 N–H and O–H groups in total. The second kappa shape index (κ2) is 6.52. The Bertz CT molecular complexity index is 372. The lowest BCUT2D eigenvalue weighted by Gasteiger charge is -2.17. The van der Waals surface area contributed by atoms with E-state index in [0.29, 0.717) is 11.4 Å². The number of aliphatic hydroxyl groups excluding tert-OH is 1. The number of hydrogen-bond acceptors (Lipinski definition) is 2. The van der Waals surface area contributed by atoms with Crippen molar-refractivity contribution in [3.63, 3.8) is 0 Å². The van der Waals surface area contributed by atoms with Crippen molar-refractivity contribution in [1.29, 1.82) is 5.26 Å². The molecule has 0 saturated carbocycles. The average molecular weight is 238 g/mol. The molecule has 0 aliphatic rings. The first-order valence-corrected chi connectivity index (χ1v) is 5.90. The number of aliphatic hydroxyl groups is 1. The standard InChI is InChI=1S/C13H16ClNO/c1-2-3-8-13(16)11(9-15)10-6-4-5-7-12(10)14/h4-7,11,13,16H,2-3,8H2,1H3. The third-order valence-electron chi connectivity index (χ3n) is 2.62. The lowest BCUT2D eigenvalue weighted by Crippen LogP contribution is -2.17. The van der Waals surface area contributed by atoms with Crippen molar-refractivity contribution in [1.82, 2.24) is 0 Å². The van der Waals surface area contributed by atoms with Gasteiger partial charge in [-0.1, -0.05) is 49.6 Å². The molecule has 0 saturated heterocycles. The molecule has 0 spiro atoms. The molecular formula is C13H16ClNO. The van der Waals surface area contributed by atoms with E-state index in [0.717, 1.165) is 18.4 Å². The second-order valence-corrected chi connectivity index (χ2v) is 4.25. The highest BCUT2D eigenvalue weighted by molar-refractivity contribution is 6.31. The first-order valence-electron chi connectivity index (χ1n) is 5.52. The van der Waals surface area contributed by atoms with E-state index in [-0.39, 0.29) is 0 Å². The smallest absolute Gasteiger partial charge is 0.0986 e. The van der Waals surface area contributed by atoms with Crippen LogP contribution in [0.25, 0.3) is 0 Å². The molecule has 1 aromatic rings. The van der Waals surface area contributed by atoms with Gasteiger partial charge in [0.05, 0.1) is 18.1 Å². The van der Waals surface area contributed by atoms with Gasteiger partial charge in [0.2, 0.25) is 0 Å². The van der Waals surface area contributed by atoms with Gasteiger partial charge >= 0.3 is 0 Å². The number of halogens is 1. The van der Waals surface area contributed by atoms with Crippen LogP contribution in [0.4, 0.5) is 0 Å². The predicted octanol–water partition coefficient (Wildman–Crippen LogP) is 3.50. The molecule has 2 atom stereocenters. The molecule has 0 heterocycles. The van der Waals surface area contributed by atoms with Crippen LogP contribution in [0.2, 0.25) is 5.02 Å². The lowest BCUT2D eigenvalue weighted by atomic mass is 9.92. The fourth-order valence-electron chi connectivity index (χ4n) is 1.67. The van der Waals surface area contributed by atoms with Crippen molar-refractivity contribution in [2.24, 2.45) is 0 Å². The van der Waals surface area contributed by atoms with Crippen LogP contribution in [-0.2, 0) is 0 Å². The Balaban J connectivity index is 2.83.